The number of alkyl halides is 2. The molecular weight excluding hydrogens is 765 g/mol. The van der Waals surface area contributed by atoms with E-state index in [0.717, 1.165) is 22.5 Å². The molecule has 0 fully saturated rings. The highest BCUT2D eigenvalue weighted by atomic mass is 35.5. The fourth-order valence-electron chi connectivity index (χ4n) is 5.87. The van der Waals surface area contributed by atoms with E-state index in [9.17, 15) is 13.0 Å². The van der Waals surface area contributed by atoms with Crippen LogP contribution in [0.4, 0.5) is 22.7 Å². The number of halogens is 6. The molecule has 49 heavy (non-hydrogen) atoms. The van der Waals surface area contributed by atoms with E-state index in [2.05, 4.69) is 0 Å². The molecular formula is C37H32Cl6N2O3S. The highest BCUT2D eigenvalue weighted by Crippen LogP contribution is 2.42. The van der Waals surface area contributed by atoms with E-state index in [1.807, 2.05) is 58.3 Å². The molecule has 1 N–H and O–H groups in total. The van der Waals surface area contributed by atoms with Crippen molar-refractivity contribution in [2.45, 2.75) is 23.7 Å². The van der Waals surface area contributed by atoms with Crippen molar-refractivity contribution in [3.8, 4) is 0 Å². The molecule has 5 aromatic carbocycles. The smallest absolute Gasteiger partial charge is 0.294 e. The Bertz CT molecular complexity index is 1850. The van der Waals surface area contributed by atoms with Gasteiger partial charge in [0.25, 0.3) is 10.1 Å². The van der Waals surface area contributed by atoms with Crippen LogP contribution in [0.5, 0.6) is 0 Å². The Morgan fingerprint density at radius 2 is 0.939 bits per heavy atom. The lowest BCUT2D eigenvalue weighted by atomic mass is 9.85. The van der Waals surface area contributed by atoms with Crippen molar-refractivity contribution in [1.29, 1.82) is 0 Å². The van der Waals surface area contributed by atoms with E-state index in [-0.39, 0.29) is 4.90 Å². The Kier molecular flexibility index (Phi) is 13.1. The lowest BCUT2D eigenvalue weighted by Gasteiger charge is -2.28. The molecule has 0 saturated heterocycles. The normalized spacial score (nSPS) is 11.6. The van der Waals surface area contributed by atoms with Crippen LogP contribution in [0, 0.1) is 0 Å². The molecule has 0 amide bonds. The molecule has 0 saturated carbocycles. The minimum Gasteiger partial charge on any atom is -0.339 e. The second-order valence-electron chi connectivity index (χ2n) is 11.2. The summed E-state index contributed by atoms with van der Waals surface area (Å²) >= 11 is 38.6. The summed E-state index contributed by atoms with van der Waals surface area (Å²) in [5, 5.41) is 2.02. The summed E-state index contributed by atoms with van der Waals surface area (Å²) in [4.78, 5) is 3.86. The number of hydrogen-bond acceptors (Lipinski definition) is 4. The van der Waals surface area contributed by atoms with Gasteiger partial charge >= 0.3 is 0 Å². The molecule has 5 nitrogen and oxygen atoms in total. The standard InChI is InChI=1S/C37H32Cl6N2O3S/c38-21-5-23-44(36-30(40)8-3-9-31(36)41)27-17-13-25(14-18-27)35(29-7-1-2-12-34(29)49(46,47)48)26-15-19-28(20-16-26)45(24-6-22-39)37-32(42)10-4-11-33(37)43/h1-4,7-20,35H,5-6,21-24H2,(H,46,47,48). The van der Waals surface area contributed by atoms with Crippen molar-refractivity contribution >= 4 is 102 Å². The Labute approximate surface area is 317 Å². The van der Waals surface area contributed by atoms with Gasteiger partial charge < -0.3 is 9.80 Å². The third kappa shape index (κ3) is 8.81. The first-order valence-electron chi connectivity index (χ1n) is 15.4. The second-order valence-corrected chi connectivity index (χ2v) is 14.9. The Morgan fingerprint density at radius 1 is 0.551 bits per heavy atom. The highest BCUT2D eigenvalue weighted by molar-refractivity contribution is 7.85. The zero-order valence-electron chi connectivity index (χ0n) is 26.0. The van der Waals surface area contributed by atoms with E-state index in [1.54, 1.807) is 54.6 Å². The maximum absolute atomic E-state index is 12.6. The van der Waals surface area contributed by atoms with Gasteiger partial charge in [-0.2, -0.15) is 8.42 Å². The first kappa shape index (κ1) is 37.6. The van der Waals surface area contributed by atoms with Crippen LogP contribution < -0.4 is 9.80 Å². The van der Waals surface area contributed by atoms with Crippen molar-refractivity contribution in [3.05, 3.63) is 146 Å². The Balaban J connectivity index is 1.61. The first-order valence-corrected chi connectivity index (χ1v) is 19.4. The predicted molar refractivity (Wildman–Crippen MR) is 208 cm³/mol. The Hall–Kier alpha value is -2.65. The molecule has 256 valence electrons. The van der Waals surface area contributed by atoms with Crippen molar-refractivity contribution < 1.29 is 13.0 Å². The van der Waals surface area contributed by atoms with Crippen molar-refractivity contribution in [2.24, 2.45) is 0 Å². The monoisotopic (exact) mass is 794 g/mol. The van der Waals surface area contributed by atoms with Crippen LogP contribution in [-0.2, 0) is 10.1 Å². The number of para-hydroxylation sites is 2. The minimum atomic E-state index is -4.55. The fraction of sp³-hybridized carbons (Fsp3) is 0.189. The van der Waals surface area contributed by atoms with Gasteiger partial charge in [0.15, 0.2) is 0 Å². The summed E-state index contributed by atoms with van der Waals surface area (Å²) in [7, 11) is -4.55. The topological polar surface area (TPSA) is 60.9 Å². The highest BCUT2D eigenvalue weighted by Gasteiger charge is 2.26. The fourth-order valence-corrected chi connectivity index (χ4v) is 8.04. The average molecular weight is 797 g/mol. The van der Waals surface area contributed by atoms with Crippen LogP contribution in [0.25, 0.3) is 0 Å². The summed E-state index contributed by atoms with van der Waals surface area (Å²) in [5.41, 5.74) is 5.01. The van der Waals surface area contributed by atoms with Crippen molar-refractivity contribution in [3.63, 3.8) is 0 Å². The first-order chi connectivity index (χ1) is 23.5. The maximum atomic E-state index is 12.6. The number of rotatable bonds is 14. The molecule has 0 radical (unpaired) electrons. The summed E-state index contributed by atoms with van der Waals surface area (Å²) in [5.74, 6) is 0.335. The van der Waals surface area contributed by atoms with Gasteiger partial charge in [-0.25, -0.2) is 0 Å². The largest absolute Gasteiger partial charge is 0.339 e. The Morgan fingerprint density at radius 3 is 1.31 bits per heavy atom. The molecule has 0 spiro atoms. The van der Waals surface area contributed by atoms with Crippen LogP contribution in [0.3, 0.4) is 0 Å². The molecule has 0 atom stereocenters. The van der Waals surface area contributed by atoms with Gasteiger partial charge in [-0.05, 0) is 84.1 Å². The van der Waals surface area contributed by atoms with Crippen LogP contribution in [0.15, 0.2) is 114 Å². The SMILES string of the molecule is O=S(=O)(O)c1ccccc1C(c1ccc(N(CCCCl)c2c(Cl)cccc2Cl)cc1)c1ccc(N(CCCCl)c2c(Cl)cccc2Cl)cc1. The number of benzene rings is 5. The van der Waals surface area contributed by atoms with Gasteiger partial charge in [0.1, 0.15) is 0 Å². The number of anilines is 4. The van der Waals surface area contributed by atoms with Gasteiger partial charge in [0.2, 0.25) is 0 Å². The van der Waals surface area contributed by atoms with E-state index < -0.39 is 16.0 Å². The van der Waals surface area contributed by atoms with Crippen molar-refractivity contribution in [2.75, 3.05) is 34.6 Å². The average Bonchev–Trinajstić information content (AvgIpc) is 3.08. The van der Waals surface area contributed by atoms with Gasteiger partial charge in [0.05, 0.1) is 36.4 Å². The second kappa shape index (κ2) is 17.0. The van der Waals surface area contributed by atoms with Gasteiger partial charge in [-0.3, -0.25) is 4.55 Å². The zero-order valence-corrected chi connectivity index (χ0v) is 31.4. The number of hydrogen-bond donors (Lipinski definition) is 1. The van der Waals surface area contributed by atoms with Gasteiger partial charge in [-0.15, -0.1) is 23.2 Å². The van der Waals surface area contributed by atoms with Crippen molar-refractivity contribution in [1.82, 2.24) is 0 Å². The summed E-state index contributed by atoms with van der Waals surface area (Å²) in [6.45, 7) is 1.14. The third-order valence-corrected chi connectivity index (χ3v) is 10.7. The van der Waals surface area contributed by atoms with E-state index in [4.69, 9.17) is 69.6 Å². The molecule has 0 heterocycles. The molecule has 0 aromatic heterocycles. The number of nitrogens with zero attached hydrogens (tertiary/aromatic N) is 2. The zero-order chi connectivity index (χ0) is 35.1. The van der Waals surface area contributed by atoms with Gasteiger partial charge in [-0.1, -0.05) is 101 Å². The van der Waals surface area contributed by atoms with Gasteiger partial charge in [0, 0.05) is 42.1 Å². The minimum absolute atomic E-state index is 0.175. The molecule has 0 aliphatic rings. The molecule has 0 unspecified atom stereocenters. The molecule has 12 heteroatoms. The molecule has 0 aliphatic heterocycles. The van der Waals surface area contributed by atoms with Crippen LogP contribution in [0.2, 0.25) is 20.1 Å². The van der Waals surface area contributed by atoms with Crippen LogP contribution in [-0.4, -0.2) is 37.8 Å². The lowest BCUT2D eigenvalue weighted by Crippen LogP contribution is -2.20. The summed E-state index contributed by atoms with van der Waals surface area (Å²) in [6.07, 6.45) is 1.37. The predicted octanol–water partition coefficient (Wildman–Crippen LogP) is 12.3. The molecule has 5 rings (SSSR count). The van der Waals surface area contributed by atoms with E-state index in [0.29, 0.717) is 74.7 Å². The molecule has 5 aromatic rings. The summed E-state index contributed by atoms with van der Waals surface area (Å²) < 4.78 is 35.5. The third-order valence-electron chi connectivity index (χ3n) is 8.03. The van der Waals surface area contributed by atoms with E-state index >= 15 is 0 Å². The quantitative estimate of drug-likeness (QED) is 0.0689. The lowest BCUT2D eigenvalue weighted by molar-refractivity contribution is 0.482. The molecule has 0 bridgehead atoms. The van der Waals surface area contributed by atoms with E-state index in [1.165, 1.54) is 6.07 Å². The molecule has 0 aliphatic carbocycles. The van der Waals surface area contributed by atoms with Crippen LogP contribution >= 0.6 is 69.6 Å². The maximum Gasteiger partial charge on any atom is 0.294 e. The summed E-state index contributed by atoms with van der Waals surface area (Å²) in [6, 6.07) is 32.7. The van der Waals surface area contributed by atoms with Crippen LogP contribution in [0.1, 0.15) is 35.4 Å².